The van der Waals surface area contributed by atoms with Crippen molar-refractivity contribution < 1.29 is 4.79 Å². The van der Waals surface area contributed by atoms with Crippen LogP contribution < -0.4 is 5.32 Å². The Bertz CT molecular complexity index is 546. The fourth-order valence-electron chi connectivity index (χ4n) is 1.42. The molecule has 0 aliphatic rings. The highest BCUT2D eigenvalue weighted by molar-refractivity contribution is 7.15. The minimum atomic E-state index is -0.174. The molecule has 0 aromatic carbocycles. The SMILES string of the molecule is CCCCc1nnc(NC(=O)C=Cc2cccs2)s1. The maximum absolute atomic E-state index is 11.7. The first-order valence-electron chi connectivity index (χ1n) is 6.13. The Morgan fingerprint density at radius 3 is 3.11 bits per heavy atom. The zero-order chi connectivity index (χ0) is 13.5. The normalized spacial score (nSPS) is 11.0. The second-order valence-corrected chi connectivity index (χ2v) is 5.98. The Balaban J connectivity index is 1.86. The largest absolute Gasteiger partial charge is 0.297 e. The van der Waals surface area contributed by atoms with Gasteiger partial charge < -0.3 is 0 Å². The first kappa shape index (κ1) is 13.9. The minimum absolute atomic E-state index is 0.174. The average Bonchev–Trinajstić information content (AvgIpc) is 3.05. The highest BCUT2D eigenvalue weighted by Crippen LogP contribution is 2.17. The molecule has 100 valence electrons. The smallest absolute Gasteiger partial charge is 0.250 e. The van der Waals surface area contributed by atoms with Gasteiger partial charge in [0.15, 0.2) is 0 Å². The first-order valence-corrected chi connectivity index (χ1v) is 7.82. The lowest BCUT2D eigenvalue weighted by Gasteiger charge is -1.93. The second-order valence-electron chi connectivity index (χ2n) is 3.94. The van der Waals surface area contributed by atoms with Crippen LogP contribution in [0.2, 0.25) is 0 Å². The number of hydrogen-bond donors (Lipinski definition) is 1. The minimum Gasteiger partial charge on any atom is -0.297 e. The van der Waals surface area contributed by atoms with E-state index < -0.39 is 0 Å². The summed E-state index contributed by atoms with van der Waals surface area (Å²) in [7, 11) is 0. The number of rotatable bonds is 6. The van der Waals surface area contributed by atoms with Crippen LogP contribution in [0.25, 0.3) is 6.08 Å². The molecule has 6 heteroatoms. The molecule has 1 amide bonds. The third-order valence-corrected chi connectivity index (χ3v) is 4.12. The maximum Gasteiger partial charge on any atom is 0.250 e. The molecular weight excluding hydrogens is 278 g/mol. The zero-order valence-corrected chi connectivity index (χ0v) is 12.3. The lowest BCUT2D eigenvalue weighted by Crippen LogP contribution is -2.07. The van der Waals surface area contributed by atoms with Crippen molar-refractivity contribution in [3.8, 4) is 0 Å². The van der Waals surface area contributed by atoms with Gasteiger partial charge in [0.25, 0.3) is 0 Å². The molecule has 0 bridgehead atoms. The van der Waals surface area contributed by atoms with E-state index in [9.17, 15) is 4.79 Å². The lowest BCUT2D eigenvalue weighted by molar-refractivity contribution is -0.111. The summed E-state index contributed by atoms with van der Waals surface area (Å²) >= 11 is 3.03. The number of unbranched alkanes of at least 4 members (excludes halogenated alkanes) is 1. The Morgan fingerprint density at radius 1 is 1.47 bits per heavy atom. The van der Waals surface area contributed by atoms with Crippen molar-refractivity contribution in [3.05, 3.63) is 33.5 Å². The number of amides is 1. The summed E-state index contributed by atoms with van der Waals surface area (Å²) in [5, 5.41) is 14.2. The van der Waals surface area contributed by atoms with Crippen LogP contribution in [-0.2, 0) is 11.2 Å². The number of hydrogen-bond acceptors (Lipinski definition) is 5. The molecule has 0 fully saturated rings. The van der Waals surface area contributed by atoms with Gasteiger partial charge in [0, 0.05) is 17.4 Å². The molecular formula is C13H15N3OS2. The Hall–Kier alpha value is -1.53. The zero-order valence-electron chi connectivity index (χ0n) is 10.6. The summed E-state index contributed by atoms with van der Waals surface area (Å²) in [6.45, 7) is 2.14. The molecule has 2 aromatic rings. The molecule has 0 unspecified atom stereocenters. The number of thiophene rings is 1. The summed E-state index contributed by atoms with van der Waals surface area (Å²) in [4.78, 5) is 12.7. The number of carbonyl (C=O) groups is 1. The topological polar surface area (TPSA) is 54.9 Å². The van der Waals surface area contributed by atoms with E-state index in [2.05, 4.69) is 22.4 Å². The molecule has 0 aliphatic heterocycles. The van der Waals surface area contributed by atoms with Crippen molar-refractivity contribution >= 4 is 39.8 Å². The van der Waals surface area contributed by atoms with Crippen LogP contribution in [-0.4, -0.2) is 16.1 Å². The Labute approximate surface area is 120 Å². The number of aromatic nitrogens is 2. The molecule has 19 heavy (non-hydrogen) atoms. The van der Waals surface area contributed by atoms with E-state index in [0.29, 0.717) is 5.13 Å². The molecule has 4 nitrogen and oxygen atoms in total. The molecule has 1 N–H and O–H groups in total. The van der Waals surface area contributed by atoms with Crippen molar-refractivity contribution in [1.82, 2.24) is 10.2 Å². The summed E-state index contributed by atoms with van der Waals surface area (Å²) < 4.78 is 0. The number of nitrogens with zero attached hydrogens (tertiary/aromatic N) is 2. The van der Waals surface area contributed by atoms with Crippen LogP contribution in [0.1, 0.15) is 29.7 Å². The fraction of sp³-hybridized carbons (Fsp3) is 0.308. The maximum atomic E-state index is 11.7. The van der Waals surface area contributed by atoms with E-state index in [-0.39, 0.29) is 5.91 Å². The molecule has 0 saturated carbocycles. The number of carbonyl (C=O) groups excluding carboxylic acids is 1. The van der Waals surface area contributed by atoms with Crippen LogP contribution in [0.4, 0.5) is 5.13 Å². The molecule has 0 spiro atoms. The van der Waals surface area contributed by atoms with Crippen LogP contribution in [0, 0.1) is 0 Å². The van der Waals surface area contributed by atoms with Gasteiger partial charge in [0.2, 0.25) is 11.0 Å². The quantitative estimate of drug-likeness (QED) is 0.828. The van der Waals surface area contributed by atoms with E-state index in [1.807, 2.05) is 17.5 Å². The van der Waals surface area contributed by atoms with Gasteiger partial charge in [-0.25, -0.2) is 0 Å². The predicted molar refractivity (Wildman–Crippen MR) is 80.5 cm³/mol. The van der Waals surface area contributed by atoms with Gasteiger partial charge in [-0.05, 0) is 23.9 Å². The number of anilines is 1. The fourth-order valence-corrected chi connectivity index (χ4v) is 2.83. The van der Waals surface area contributed by atoms with Gasteiger partial charge in [-0.3, -0.25) is 10.1 Å². The summed E-state index contributed by atoms with van der Waals surface area (Å²) in [6.07, 6.45) is 6.46. The summed E-state index contributed by atoms with van der Waals surface area (Å²) in [5.74, 6) is -0.174. The highest BCUT2D eigenvalue weighted by Gasteiger charge is 2.05. The second kappa shape index (κ2) is 7.16. The number of nitrogens with one attached hydrogen (secondary N) is 1. The van der Waals surface area contributed by atoms with Crippen molar-refractivity contribution in [2.24, 2.45) is 0 Å². The third-order valence-electron chi connectivity index (χ3n) is 2.38. The lowest BCUT2D eigenvalue weighted by atomic mass is 10.3. The molecule has 2 aromatic heterocycles. The Kier molecular flexibility index (Phi) is 5.23. The third kappa shape index (κ3) is 4.57. The molecule has 2 heterocycles. The van der Waals surface area contributed by atoms with E-state index in [1.165, 1.54) is 17.4 Å². The van der Waals surface area contributed by atoms with E-state index in [0.717, 1.165) is 29.1 Å². The molecule has 0 atom stereocenters. The first-order chi connectivity index (χ1) is 9.28. The van der Waals surface area contributed by atoms with E-state index in [1.54, 1.807) is 17.4 Å². The van der Waals surface area contributed by atoms with Gasteiger partial charge >= 0.3 is 0 Å². The predicted octanol–water partition coefficient (Wildman–Crippen LogP) is 3.59. The van der Waals surface area contributed by atoms with Crippen LogP contribution in [0.5, 0.6) is 0 Å². The van der Waals surface area contributed by atoms with E-state index >= 15 is 0 Å². The van der Waals surface area contributed by atoms with Crippen LogP contribution in [0.15, 0.2) is 23.6 Å². The van der Waals surface area contributed by atoms with Gasteiger partial charge in [0.05, 0.1) is 0 Å². The van der Waals surface area contributed by atoms with Gasteiger partial charge in [-0.2, -0.15) is 0 Å². The van der Waals surface area contributed by atoms with Crippen LogP contribution >= 0.6 is 22.7 Å². The van der Waals surface area contributed by atoms with Crippen molar-refractivity contribution in [1.29, 1.82) is 0 Å². The van der Waals surface area contributed by atoms with Crippen molar-refractivity contribution in [3.63, 3.8) is 0 Å². The van der Waals surface area contributed by atoms with Crippen LogP contribution in [0.3, 0.4) is 0 Å². The molecule has 0 saturated heterocycles. The van der Waals surface area contributed by atoms with Gasteiger partial charge in [-0.15, -0.1) is 21.5 Å². The average molecular weight is 293 g/mol. The Morgan fingerprint density at radius 2 is 2.37 bits per heavy atom. The van der Waals surface area contributed by atoms with Gasteiger partial charge in [0.1, 0.15) is 5.01 Å². The number of aryl methyl sites for hydroxylation is 1. The summed E-state index contributed by atoms with van der Waals surface area (Å²) in [6, 6.07) is 3.91. The van der Waals surface area contributed by atoms with Crippen molar-refractivity contribution in [2.45, 2.75) is 26.2 Å². The monoisotopic (exact) mass is 293 g/mol. The molecule has 2 rings (SSSR count). The molecule has 0 radical (unpaired) electrons. The summed E-state index contributed by atoms with van der Waals surface area (Å²) in [5.41, 5.74) is 0. The standard InChI is InChI=1S/C13H15N3OS2/c1-2-3-6-12-15-16-13(19-12)14-11(17)8-7-10-5-4-9-18-10/h4-5,7-9H,2-3,6H2,1H3,(H,14,16,17). The van der Waals surface area contributed by atoms with E-state index in [4.69, 9.17) is 0 Å². The van der Waals surface area contributed by atoms with Crippen molar-refractivity contribution in [2.75, 3.05) is 5.32 Å². The van der Waals surface area contributed by atoms with Gasteiger partial charge in [-0.1, -0.05) is 30.7 Å². The molecule has 0 aliphatic carbocycles. The highest BCUT2D eigenvalue weighted by atomic mass is 32.1.